The number of sulfonamides is 1. The van der Waals surface area contributed by atoms with Crippen LogP contribution in [0.4, 0.5) is 4.39 Å². The third kappa shape index (κ3) is 5.36. The highest BCUT2D eigenvalue weighted by Crippen LogP contribution is 2.24. The van der Waals surface area contributed by atoms with Gasteiger partial charge in [-0.15, -0.1) is 0 Å². The van der Waals surface area contributed by atoms with Gasteiger partial charge in [-0.2, -0.15) is 4.72 Å². The Morgan fingerprint density at radius 3 is 2.64 bits per heavy atom. The van der Waals surface area contributed by atoms with Crippen LogP contribution in [0.1, 0.15) is 0 Å². The molecule has 0 aliphatic carbocycles. The molecule has 2 aromatic rings. The molecule has 0 radical (unpaired) electrons. The maximum atomic E-state index is 13.3. The van der Waals surface area contributed by atoms with E-state index in [9.17, 15) is 12.8 Å². The van der Waals surface area contributed by atoms with Crippen molar-refractivity contribution < 1.29 is 22.3 Å². The standard InChI is InChI=1S/C17H15ClFNO4S/c1-23-16-9-8-13(19)12-17(16)25(21,22)20-10-4-5-11-24-15-7-3-2-6-14(15)18/h2-3,6-9,12,20H,10-11H2,1H3. The van der Waals surface area contributed by atoms with E-state index < -0.39 is 15.8 Å². The molecule has 0 heterocycles. The predicted molar refractivity (Wildman–Crippen MR) is 92.9 cm³/mol. The Bertz CT molecular complexity index is 906. The summed E-state index contributed by atoms with van der Waals surface area (Å²) < 4.78 is 50.2. The Balaban J connectivity index is 1.93. The minimum absolute atomic E-state index is 0.0453. The molecular weight excluding hydrogens is 369 g/mol. The number of nitrogens with one attached hydrogen (secondary N) is 1. The molecule has 0 amide bonds. The van der Waals surface area contributed by atoms with E-state index in [0.29, 0.717) is 10.8 Å². The molecule has 2 aromatic carbocycles. The molecule has 0 spiro atoms. The van der Waals surface area contributed by atoms with Crippen molar-refractivity contribution in [1.29, 1.82) is 0 Å². The zero-order valence-corrected chi connectivity index (χ0v) is 14.8. The molecule has 0 aliphatic heterocycles. The van der Waals surface area contributed by atoms with Crippen molar-refractivity contribution >= 4 is 21.6 Å². The Morgan fingerprint density at radius 2 is 1.92 bits per heavy atom. The largest absolute Gasteiger partial charge is 0.495 e. The highest BCUT2D eigenvalue weighted by atomic mass is 35.5. The van der Waals surface area contributed by atoms with E-state index >= 15 is 0 Å². The van der Waals surface area contributed by atoms with E-state index in [4.69, 9.17) is 21.1 Å². The number of rotatable bonds is 6. The van der Waals surface area contributed by atoms with E-state index in [-0.39, 0.29) is 23.8 Å². The first-order chi connectivity index (χ1) is 11.9. The highest BCUT2D eigenvalue weighted by molar-refractivity contribution is 7.89. The fourth-order valence-electron chi connectivity index (χ4n) is 1.86. The first-order valence-corrected chi connectivity index (χ1v) is 8.96. The van der Waals surface area contributed by atoms with Crippen molar-refractivity contribution in [2.75, 3.05) is 20.3 Å². The summed E-state index contributed by atoms with van der Waals surface area (Å²) in [7, 11) is -2.65. The van der Waals surface area contributed by atoms with Gasteiger partial charge in [-0.1, -0.05) is 35.6 Å². The van der Waals surface area contributed by atoms with Crippen molar-refractivity contribution in [3.05, 3.63) is 53.3 Å². The zero-order chi connectivity index (χ0) is 18.3. The average molecular weight is 384 g/mol. The molecule has 132 valence electrons. The van der Waals surface area contributed by atoms with Gasteiger partial charge in [0.1, 0.15) is 28.8 Å². The summed E-state index contributed by atoms with van der Waals surface area (Å²) >= 11 is 5.93. The molecule has 0 aliphatic rings. The Kier molecular flexibility index (Phi) is 6.65. The first-order valence-electron chi connectivity index (χ1n) is 7.10. The monoisotopic (exact) mass is 383 g/mol. The molecule has 0 saturated carbocycles. The van der Waals surface area contributed by atoms with Crippen LogP contribution in [-0.4, -0.2) is 28.7 Å². The summed E-state index contributed by atoms with van der Waals surface area (Å²) in [6.45, 7) is -0.109. The smallest absolute Gasteiger partial charge is 0.245 e. The zero-order valence-electron chi connectivity index (χ0n) is 13.3. The molecule has 0 atom stereocenters. The number of hydrogen-bond donors (Lipinski definition) is 1. The number of para-hydroxylation sites is 1. The lowest BCUT2D eigenvalue weighted by atomic mass is 10.3. The Labute approximate surface area is 150 Å². The Hall–Kier alpha value is -2.27. The quantitative estimate of drug-likeness (QED) is 0.779. The van der Waals surface area contributed by atoms with Crippen LogP contribution in [0.25, 0.3) is 0 Å². The molecule has 1 N–H and O–H groups in total. The topological polar surface area (TPSA) is 64.6 Å². The summed E-state index contributed by atoms with van der Waals surface area (Å²) in [5, 5.41) is 0.461. The molecule has 5 nitrogen and oxygen atoms in total. The molecular formula is C17H15ClFNO4S. The molecule has 0 fully saturated rings. The lowest BCUT2D eigenvalue weighted by molar-refractivity contribution is 0.370. The summed E-state index contributed by atoms with van der Waals surface area (Å²) in [4.78, 5) is -0.288. The molecule has 8 heteroatoms. The summed E-state index contributed by atoms with van der Waals surface area (Å²) in [6.07, 6.45) is 0. The SMILES string of the molecule is COc1ccc(F)cc1S(=O)(=O)NCC#CCOc1ccccc1Cl. The lowest BCUT2D eigenvalue weighted by Gasteiger charge is -2.09. The van der Waals surface area contributed by atoms with Crippen molar-refractivity contribution in [2.24, 2.45) is 0 Å². The second-order valence-electron chi connectivity index (χ2n) is 4.69. The summed E-state index contributed by atoms with van der Waals surface area (Å²) in [5.74, 6) is 5.13. The van der Waals surface area contributed by atoms with Gasteiger partial charge in [0.05, 0.1) is 18.7 Å². The van der Waals surface area contributed by atoms with Crippen LogP contribution in [0, 0.1) is 17.7 Å². The fraction of sp³-hybridized carbons (Fsp3) is 0.176. The number of methoxy groups -OCH3 is 1. The number of halogens is 2. The second-order valence-corrected chi connectivity index (χ2v) is 6.83. The van der Waals surface area contributed by atoms with E-state index in [1.54, 1.807) is 24.3 Å². The van der Waals surface area contributed by atoms with Gasteiger partial charge >= 0.3 is 0 Å². The maximum Gasteiger partial charge on any atom is 0.245 e. The number of ether oxygens (including phenoxy) is 2. The fourth-order valence-corrected chi connectivity index (χ4v) is 3.15. The van der Waals surface area contributed by atoms with Crippen LogP contribution in [0.5, 0.6) is 11.5 Å². The summed E-state index contributed by atoms with van der Waals surface area (Å²) in [6, 6.07) is 10.2. The van der Waals surface area contributed by atoms with Gasteiger partial charge in [-0.05, 0) is 30.3 Å². The van der Waals surface area contributed by atoms with Gasteiger partial charge in [-0.25, -0.2) is 12.8 Å². The van der Waals surface area contributed by atoms with Gasteiger partial charge in [0.15, 0.2) is 0 Å². The van der Waals surface area contributed by atoms with E-state index in [1.165, 1.54) is 13.2 Å². The van der Waals surface area contributed by atoms with Crippen LogP contribution in [0.15, 0.2) is 47.4 Å². The Morgan fingerprint density at radius 1 is 1.16 bits per heavy atom. The second kappa shape index (κ2) is 8.72. The molecule has 2 rings (SSSR count). The molecule has 0 saturated heterocycles. The van der Waals surface area contributed by atoms with Crippen molar-refractivity contribution in [3.63, 3.8) is 0 Å². The van der Waals surface area contributed by atoms with Gasteiger partial charge in [-0.3, -0.25) is 0 Å². The minimum Gasteiger partial charge on any atom is -0.495 e. The summed E-state index contributed by atoms with van der Waals surface area (Å²) in [5.41, 5.74) is 0. The van der Waals surface area contributed by atoms with E-state index in [1.807, 2.05) is 0 Å². The maximum absolute atomic E-state index is 13.3. The van der Waals surface area contributed by atoms with E-state index in [2.05, 4.69) is 16.6 Å². The third-order valence-electron chi connectivity index (χ3n) is 3.03. The van der Waals surface area contributed by atoms with E-state index in [0.717, 1.165) is 12.1 Å². The van der Waals surface area contributed by atoms with Crippen molar-refractivity contribution in [2.45, 2.75) is 4.90 Å². The van der Waals surface area contributed by atoms with Gasteiger partial charge < -0.3 is 9.47 Å². The van der Waals surface area contributed by atoms with Crippen molar-refractivity contribution in [1.82, 2.24) is 4.72 Å². The predicted octanol–water partition coefficient (Wildman–Crippen LogP) is 2.85. The lowest BCUT2D eigenvalue weighted by Crippen LogP contribution is -2.24. The number of hydrogen-bond acceptors (Lipinski definition) is 4. The molecule has 0 aromatic heterocycles. The molecule has 25 heavy (non-hydrogen) atoms. The number of benzene rings is 2. The van der Waals surface area contributed by atoms with Crippen LogP contribution in [0.2, 0.25) is 5.02 Å². The first kappa shape index (κ1) is 19.1. The third-order valence-corrected chi connectivity index (χ3v) is 4.76. The molecule has 0 bridgehead atoms. The molecule has 0 unspecified atom stereocenters. The van der Waals surface area contributed by atoms with Gasteiger partial charge in [0, 0.05) is 0 Å². The van der Waals surface area contributed by atoms with Gasteiger partial charge in [0.25, 0.3) is 0 Å². The van der Waals surface area contributed by atoms with Crippen LogP contribution in [0.3, 0.4) is 0 Å². The van der Waals surface area contributed by atoms with Crippen LogP contribution < -0.4 is 14.2 Å². The van der Waals surface area contributed by atoms with Crippen LogP contribution in [-0.2, 0) is 10.0 Å². The van der Waals surface area contributed by atoms with Crippen LogP contribution >= 0.6 is 11.6 Å². The average Bonchev–Trinajstić information content (AvgIpc) is 2.59. The highest BCUT2D eigenvalue weighted by Gasteiger charge is 2.19. The minimum atomic E-state index is -3.95. The van der Waals surface area contributed by atoms with Gasteiger partial charge in [0.2, 0.25) is 10.0 Å². The normalized spacial score (nSPS) is 10.7. The van der Waals surface area contributed by atoms with Crippen molar-refractivity contribution in [3.8, 4) is 23.3 Å².